The van der Waals surface area contributed by atoms with Crippen molar-refractivity contribution >= 4 is 6.21 Å². The number of hydrogen-bond donors (Lipinski definition) is 0. The minimum Gasteiger partial charge on any atom is -0.804 e. The molecule has 0 heterocycles. The summed E-state index contributed by atoms with van der Waals surface area (Å²) in [6, 6.07) is 4.28. The van der Waals surface area contributed by atoms with Crippen LogP contribution in [0.25, 0.3) is 5.41 Å². The summed E-state index contributed by atoms with van der Waals surface area (Å²) < 4.78 is 0. The van der Waals surface area contributed by atoms with Crippen molar-refractivity contribution in [1.82, 2.24) is 0 Å². The molecule has 0 aliphatic rings. The molecule has 0 fully saturated rings. The first-order valence-electron chi connectivity index (χ1n) is 2.14. The highest BCUT2D eigenvalue weighted by Gasteiger charge is 1.96. The maximum absolute atomic E-state index is 8.13. The normalized spacial score (nSPS) is 6.10. The number of rotatable bonds is 1. The lowest BCUT2D eigenvalue weighted by Gasteiger charge is -1.87. The molecule has 10 heavy (non-hydrogen) atoms. The van der Waals surface area contributed by atoms with Gasteiger partial charge in [-0.1, -0.05) is 0 Å². The molecular formula is C6N4-. The first-order valence-corrected chi connectivity index (χ1v) is 2.14. The third-order valence-corrected chi connectivity index (χ3v) is 0.697. The first kappa shape index (κ1) is 7.88. The van der Waals surface area contributed by atoms with Gasteiger partial charge in [0.2, 0.25) is 0 Å². The Balaban J connectivity index is 5.05. The van der Waals surface area contributed by atoms with Crippen LogP contribution < -0.4 is 0 Å². The lowest BCUT2D eigenvalue weighted by Crippen LogP contribution is -1.84. The van der Waals surface area contributed by atoms with Crippen LogP contribution in [-0.4, -0.2) is 6.21 Å². The fourth-order valence-electron chi connectivity index (χ4n) is 0.274. The van der Waals surface area contributed by atoms with Crippen molar-refractivity contribution in [3.05, 3.63) is 16.6 Å². The van der Waals surface area contributed by atoms with Crippen molar-refractivity contribution in [2.75, 3.05) is 0 Å². The van der Waals surface area contributed by atoms with Crippen LogP contribution >= 0.6 is 0 Å². The van der Waals surface area contributed by atoms with Crippen molar-refractivity contribution in [3.8, 4) is 18.2 Å². The van der Waals surface area contributed by atoms with Crippen LogP contribution in [0.5, 0.6) is 0 Å². The van der Waals surface area contributed by atoms with E-state index in [1.165, 1.54) is 24.4 Å². The molecule has 0 N–H and O–H groups in total. The van der Waals surface area contributed by atoms with Gasteiger partial charge in [-0.3, -0.25) is 0 Å². The van der Waals surface area contributed by atoms with Crippen molar-refractivity contribution in [2.45, 2.75) is 0 Å². The van der Waals surface area contributed by atoms with Gasteiger partial charge in [0.05, 0.1) is 11.6 Å². The third-order valence-electron chi connectivity index (χ3n) is 0.697. The fraction of sp³-hybridized carbons (Fsp3) is 0. The molecule has 4 heteroatoms. The van der Waals surface area contributed by atoms with E-state index in [-0.39, 0.29) is 0 Å². The van der Waals surface area contributed by atoms with E-state index in [0.717, 1.165) is 0 Å². The van der Waals surface area contributed by atoms with Gasteiger partial charge in [0.25, 0.3) is 0 Å². The highest BCUT2D eigenvalue weighted by Crippen LogP contribution is 1.96. The number of nitrogens with zero attached hydrogens (tertiary/aromatic N) is 4. The van der Waals surface area contributed by atoms with Crippen LogP contribution in [0.4, 0.5) is 0 Å². The Labute approximate surface area is 57.7 Å². The van der Waals surface area contributed by atoms with Crippen LogP contribution in [0.15, 0.2) is 11.1 Å². The average Bonchev–Trinajstić information content (AvgIpc) is 2.00. The lowest BCUT2D eigenvalue weighted by atomic mass is 10.2. The SMILES string of the molecule is N#CC([C]=[N-])=C(C#N)C#N. The first-order chi connectivity index (χ1) is 4.79. The Morgan fingerprint density at radius 3 is 1.40 bits per heavy atom. The largest absolute Gasteiger partial charge is 0.804 e. The second-order valence-corrected chi connectivity index (χ2v) is 1.20. The maximum atomic E-state index is 8.13. The molecule has 4 nitrogen and oxygen atoms in total. The van der Waals surface area contributed by atoms with Gasteiger partial charge in [0.1, 0.15) is 17.7 Å². The fourth-order valence-corrected chi connectivity index (χ4v) is 0.274. The summed E-state index contributed by atoms with van der Waals surface area (Å²) in [5, 5.41) is 32.5. The van der Waals surface area contributed by atoms with Crippen LogP contribution in [-0.2, 0) is 0 Å². The van der Waals surface area contributed by atoms with Gasteiger partial charge in [0.15, 0.2) is 0 Å². The zero-order valence-electron chi connectivity index (χ0n) is 4.79. The molecule has 0 aliphatic heterocycles. The van der Waals surface area contributed by atoms with Crippen molar-refractivity contribution < 1.29 is 0 Å². The Kier molecular flexibility index (Phi) is 3.02. The molecule has 0 amide bonds. The minimum absolute atomic E-state index is 0.440. The Morgan fingerprint density at radius 2 is 1.30 bits per heavy atom. The molecule has 0 saturated carbocycles. The summed E-state index contributed by atoms with van der Waals surface area (Å²) in [7, 11) is 0. The van der Waals surface area contributed by atoms with Crippen LogP contribution in [0.1, 0.15) is 0 Å². The Bertz CT molecular complexity index is 275. The molecule has 0 saturated heterocycles. The predicted molar refractivity (Wildman–Crippen MR) is 32.2 cm³/mol. The number of nitriles is 3. The topological polar surface area (TPSA) is 93.7 Å². The van der Waals surface area contributed by atoms with Crippen molar-refractivity contribution in [2.24, 2.45) is 0 Å². The molecule has 0 aromatic carbocycles. The minimum atomic E-state index is -0.440. The van der Waals surface area contributed by atoms with E-state index in [9.17, 15) is 0 Å². The Morgan fingerprint density at radius 1 is 0.900 bits per heavy atom. The lowest BCUT2D eigenvalue weighted by molar-refractivity contribution is 1.44. The maximum Gasteiger partial charge on any atom is 0.146 e. The van der Waals surface area contributed by atoms with E-state index in [1.807, 2.05) is 0 Å². The molecule has 0 unspecified atom stereocenters. The molecule has 0 aromatic rings. The van der Waals surface area contributed by atoms with Gasteiger partial charge in [-0.05, 0) is 0 Å². The summed E-state index contributed by atoms with van der Waals surface area (Å²) in [6.07, 6.45) is 1.43. The van der Waals surface area contributed by atoms with Gasteiger partial charge in [-0.15, -0.1) is 0 Å². The zero-order valence-corrected chi connectivity index (χ0v) is 4.79. The average molecular weight is 128 g/mol. The zero-order chi connectivity index (χ0) is 7.98. The summed E-state index contributed by atoms with van der Waals surface area (Å²) in [5.74, 6) is 0. The Hall–Kier alpha value is -2.12. The summed E-state index contributed by atoms with van der Waals surface area (Å²) >= 11 is 0. The van der Waals surface area contributed by atoms with Gasteiger partial charge in [-0.25, -0.2) is 0 Å². The van der Waals surface area contributed by atoms with E-state index in [0.29, 0.717) is 0 Å². The highest BCUT2D eigenvalue weighted by atomic mass is 14.4. The second kappa shape index (κ2) is 3.83. The van der Waals surface area contributed by atoms with Gasteiger partial charge < -0.3 is 5.41 Å². The van der Waals surface area contributed by atoms with Crippen LogP contribution in [0.3, 0.4) is 0 Å². The smallest absolute Gasteiger partial charge is 0.146 e. The van der Waals surface area contributed by atoms with Crippen LogP contribution in [0, 0.1) is 34.0 Å². The van der Waals surface area contributed by atoms with Crippen LogP contribution in [0.2, 0.25) is 0 Å². The van der Waals surface area contributed by atoms with E-state index >= 15 is 0 Å². The molecule has 0 spiro atoms. The van der Waals surface area contributed by atoms with Gasteiger partial charge in [-0.2, -0.15) is 22.0 Å². The molecule has 0 atom stereocenters. The van der Waals surface area contributed by atoms with E-state index in [2.05, 4.69) is 0 Å². The van der Waals surface area contributed by atoms with Gasteiger partial charge in [0, 0.05) is 0 Å². The molecule has 0 bridgehead atoms. The second-order valence-electron chi connectivity index (χ2n) is 1.20. The molecule has 0 rings (SSSR count). The standard InChI is InChI=1S/C6N4/c7-1-5(2-8)6(3-9)4-10/q-1. The molecule has 0 aromatic heterocycles. The molecular weight excluding hydrogens is 128 g/mol. The summed E-state index contributed by atoms with van der Waals surface area (Å²) in [6.45, 7) is 0. The molecule has 0 aliphatic carbocycles. The monoisotopic (exact) mass is 128 g/mol. The van der Waals surface area contributed by atoms with Gasteiger partial charge >= 0.3 is 0 Å². The van der Waals surface area contributed by atoms with Crippen molar-refractivity contribution in [1.29, 1.82) is 15.8 Å². The quantitative estimate of drug-likeness (QED) is 0.377. The van der Waals surface area contributed by atoms with E-state index in [1.54, 1.807) is 0 Å². The van der Waals surface area contributed by atoms with E-state index < -0.39 is 11.1 Å². The third kappa shape index (κ3) is 1.43. The van der Waals surface area contributed by atoms with E-state index in [4.69, 9.17) is 21.2 Å². The van der Waals surface area contributed by atoms with Crippen molar-refractivity contribution in [3.63, 3.8) is 0 Å². The number of allylic oxidation sites excluding steroid dienone is 2. The number of hydrogen-bond acceptors (Lipinski definition) is 3. The predicted octanol–water partition coefficient (Wildman–Crippen LogP) is 0.371. The highest BCUT2D eigenvalue weighted by molar-refractivity contribution is 5.89. The molecule has 45 valence electrons. The summed E-state index contributed by atoms with van der Waals surface area (Å²) in [4.78, 5) is 0. The summed E-state index contributed by atoms with van der Waals surface area (Å²) in [5.41, 5.74) is -0.880. The molecule has 1 radical (unpaired) electrons.